The molecule has 0 aromatic rings. The van der Waals surface area contributed by atoms with Crippen LogP contribution in [0.3, 0.4) is 0 Å². The van der Waals surface area contributed by atoms with Gasteiger partial charge in [-0.3, -0.25) is 4.79 Å². The van der Waals surface area contributed by atoms with Crippen molar-refractivity contribution in [2.75, 3.05) is 6.61 Å². The minimum atomic E-state index is -0.310. The van der Waals surface area contributed by atoms with Gasteiger partial charge in [0.2, 0.25) is 0 Å². The lowest BCUT2D eigenvalue weighted by Crippen LogP contribution is -2.58. The minimum absolute atomic E-state index is 0.0483. The monoisotopic (exact) mass is 389 g/mol. The van der Waals surface area contributed by atoms with Gasteiger partial charge in [0.05, 0.1) is 23.2 Å². The van der Waals surface area contributed by atoms with Crippen LogP contribution in [0.1, 0.15) is 85.5 Å². The molecule has 7 atom stereocenters. The minimum Gasteiger partial charge on any atom is -0.466 e. The van der Waals surface area contributed by atoms with Gasteiger partial charge in [0.25, 0.3) is 0 Å². The van der Waals surface area contributed by atoms with Crippen molar-refractivity contribution < 1.29 is 9.53 Å². The molecule has 4 fully saturated rings. The summed E-state index contributed by atoms with van der Waals surface area (Å²) in [4.78, 5) is 17.6. The van der Waals surface area contributed by atoms with Gasteiger partial charge in [0.15, 0.2) is 0 Å². The van der Waals surface area contributed by atoms with E-state index in [1.807, 2.05) is 6.92 Å². The number of ether oxygens (including phenoxy) is 1. The highest BCUT2D eigenvalue weighted by molar-refractivity contribution is 7.78. The first kappa shape index (κ1) is 19.6. The van der Waals surface area contributed by atoms with Crippen molar-refractivity contribution in [3.8, 4) is 0 Å². The molecule has 0 radical (unpaired) electrons. The smallest absolute Gasteiger partial charge is 0.312 e. The topological polar surface area (TPSA) is 38.7 Å². The third kappa shape index (κ3) is 2.62. The first-order valence-electron chi connectivity index (χ1n) is 11.0. The Hall–Kier alpha value is -0.730. The molecule has 0 amide bonds. The lowest BCUT2D eigenvalue weighted by atomic mass is 9.40. The number of isothiocyanates is 1. The SMILES string of the molecule is CCOC(=O)[C@]1(C)CCC[C@@]2(C)[C@@H]3CC[C@@]4(C)C[C@]3(CC[C@@H]21)C[C@H]4N=C=S. The summed E-state index contributed by atoms with van der Waals surface area (Å²) in [6, 6.07) is 0.347. The summed E-state index contributed by atoms with van der Waals surface area (Å²) in [6.45, 7) is 9.55. The molecule has 3 nitrogen and oxygen atoms in total. The van der Waals surface area contributed by atoms with E-state index in [9.17, 15) is 4.79 Å². The fourth-order valence-corrected chi connectivity index (χ4v) is 8.66. The Morgan fingerprint density at radius 1 is 1.15 bits per heavy atom. The van der Waals surface area contributed by atoms with Crippen LogP contribution in [0.4, 0.5) is 0 Å². The average Bonchev–Trinajstić information content (AvgIpc) is 2.80. The van der Waals surface area contributed by atoms with Gasteiger partial charge >= 0.3 is 5.97 Å². The van der Waals surface area contributed by atoms with Crippen molar-refractivity contribution in [3.05, 3.63) is 0 Å². The number of nitrogens with zero attached hydrogens (tertiary/aromatic N) is 1. The maximum atomic E-state index is 13.0. The molecule has 4 heteroatoms. The van der Waals surface area contributed by atoms with Crippen LogP contribution in [-0.4, -0.2) is 23.8 Å². The molecule has 0 aliphatic heterocycles. The molecular weight excluding hydrogens is 354 g/mol. The van der Waals surface area contributed by atoms with Crippen LogP contribution in [0, 0.1) is 33.5 Å². The van der Waals surface area contributed by atoms with E-state index in [1.165, 1.54) is 38.5 Å². The molecule has 4 aliphatic carbocycles. The third-order valence-electron chi connectivity index (χ3n) is 9.56. The molecule has 150 valence electrons. The van der Waals surface area contributed by atoms with Crippen LogP contribution < -0.4 is 0 Å². The Morgan fingerprint density at radius 3 is 2.59 bits per heavy atom. The number of carbonyl (C=O) groups is 1. The molecule has 4 rings (SSSR count). The maximum Gasteiger partial charge on any atom is 0.312 e. The van der Waals surface area contributed by atoms with E-state index in [0.717, 1.165) is 19.3 Å². The zero-order valence-electron chi connectivity index (χ0n) is 17.5. The molecule has 0 aromatic heterocycles. The number of aliphatic imine (C=N–C) groups is 1. The third-order valence-corrected chi connectivity index (χ3v) is 9.66. The van der Waals surface area contributed by atoms with Gasteiger partial charge in [-0.15, -0.1) is 0 Å². The highest BCUT2D eigenvalue weighted by Crippen LogP contribution is 2.74. The van der Waals surface area contributed by atoms with E-state index in [0.29, 0.717) is 35.3 Å². The van der Waals surface area contributed by atoms with E-state index in [-0.39, 0.29) is 16.8 Å². The van der Waals surface area contributed by atoms with Gasteiger partial charge in [-0.05, 0) is 106 Å². The van der Waals surface area contributed by atoms with Crippen LogP contribution in [0.15, 0.2) is 4.99 Å². The van der Waals surface area contributed by atoms with Gasteiger partial charge in [-0.1, -0.05) is 20.3 Å². The van der Waals surface area contributed by atoms with E-state index >= 15 is 0 Å². The fourth-order valence-electron chi connectivity index (χ4n) is 8.54. The second kappa shape index (κ2) is 6.39. The summed E-state index contributed by atoms with van der Waals surface area (Å²) in [5.41, 5.74) is 0.627. The van der Waals surface area contributed by atoms with Gasteiger partial charge < -0.3 is 4.74 Å². The van der Waals surface area contributed by atoms with Crippen molar-refractivity contribution in [2.24, 2.45) is 38.5 Å². The summed E-state index contributed by atoms with van der Waals surface area (Å²) in [5.74, 6) is 1.20. The number of fused-ring (bicyclic) bond motifs is 3. The van der Waals surface area contributed by atoms with Crippen LogP contribution in [0.5, 0.6) is 0 Å². The number of thiocarbonyl (C=S) groups is 1. The number of esters is 1. The quantitative estimate of drug-likeness (QED) is 0.346. The van der Waals surface area contributed by atoms with E-state index in [1.54, 1.807) is 0 Å². The van der Waals surface area contributed by atoms with Gasteiger partial charge in [-0.2, -0.15) is 0 Å². The summed E-state index contributed by atoms with van der Waals surface area (Å²) < 4.78 is 5.57. The normalized spacial score (nSPS) is 50.9. The summed E-state index contributed by atoms with van der Waals surface area (Å²) in [6.07, 6.45) is 10.8. The Kier molecular flexibility index (Phi) is 4.63. The van der Waals surface area contributed by atoms with Crippen molar-refractivity contribution in [1.82, 2.24) is 0 Å². The lowest BCUT2D eigenvalue weighted by molar-refractivity contribution is -0.187. The van der Waals surface area contributed by atoms with Gasteiger partial charge in [0, 0.05) is 0 Å². The van der Waals surface area contributed by atoms with E-state index < -0.39 is 0 Å². The number of carbonyl (C=O) groups excluding carboxylic acids is 1. The van der Waals surface area contributed by atoms with Crippen LogP contribution >= 0.6 is 12.2 Å². The predicted molar refractivity (Wildman–Crippen MR) is 111 cm³/mol. The Labute approximate surface area is 169 Å². The number of rotatable bonds is 3. The highest BCUT2D eigenvalue weighted by Gasteiger charge is 2.68. The fraction of sp³-hybridized carbons (Fsp3) is 0.913. The van der Waals surface area contributed by atoms with Crippen LogP contribution in [-0.2, 0) is 9.53 Å². The summed E-state index contributed by atoms with van der Waals surface area (Å²) in [5, 5.41) is 2.69. The van der Waals surface area contributed by atoms with Crippen LogP contribution in [0.25, 0.3) is 0 Å². The van der Waals surface area contributed by atoms with Gasteiger partial charge in [-0.25, -0.2) is 4.99 Å². The molecule has 0 aromatic carbocycles. The standard InChI is InChI=1S/C23H35NO2S/c1-5-26-19(25)22(4)10-6-9-21(3)16(22)8-12-23-13-18(24-15-27)20(2,14-23)11-7-17(21)23/h16-18H,5-14H2,1-4H3/t16-,17-,18+,20-,21+,22+,23-/m0/s1. The maximum absolute atomic E-state index is 13.0. The first-order chi connectivity index (χ1) is 12.7. The van der Waals surface area contributed by atoms with E-state index in [4.69, 9.17) is 17.0 Å². The molecule has 0 N–H and O–H groups in total. The van der Waals surface area contributed by atoms with Crippen molar-refractivity contribution in [3.63, 3.8) is 0 Å². The predicted octanol–water partition coefficient (Wildman–Crippen LogP) is 5.82. The second-order valence-electron chi connectivity index (χ2n) is 10.8. The first-order valence-corrected chi connectivity index (χ1v) is 11.4. The van der Waals surface area contributed by atoms with Crippen LogP contribution in [0.2, 0.25) is 0 Å². The zero-order chi connectivity index (χ0) is 19.5. The largest absolute Gasteiger partial charge is 0.466 e. The molecule has 27 heavy (non-hydrogen) atoms. The van der Waals surface area contributed by atoms with E-state index in [2.05, 4.69) is 30.9 Å². The number of hydrogen-bond acceptors (Lipinski definition) is 4. The average molecular weight is 390 g/mol. The molecular formula is C23H35NO2S. The molecule has 2 bridgehead atoms. The van der Waals surface area contributed by atoms with Crippen molar-refractivity contribution in [1.29, 1.82) is 0 Å². The molecule has 1 spiro atoms. The second-order valence-corrected chi connectivity index (χ2v) is 11.0. The lowest BCUT2D eigenvalue weighted by Gasteiger charge is -2.64. The zero-order valence-corrected chi connectivity index (χ0v) is 18.3. The molecule has 4 aliphatic rings. The Morgan fingerprint density at radius 2 is 1.89 bits per heavy atom. The number of hydrogen-bond donors (Lipinski definition) is 0. The Bertz CT molecular complexity index is 688. The molecule has 4 saturated carbocycles. The van der Waals surface area contributed by atoms with Crippen molar-refractivity contribution in [2.45, 2.75) is 91.5 Å². The molecule has 0 unspecified atom stereocenters. The highest BCUT2D eigenvalue weighted by atomic mass is 32.1. The Balaban J connectivity index is 1.69. The summed E-state index contributed by atoms with van der Waals surface area (Å²) >= 11 is 4.97. The molecule has 0 heterocycles. The van der Waals surface area contributed by atoms with Gasteiger partial charge in [0.1, 0.15) is 0 Å². The molecule has 0 saturated heterocycles. The van der Waals surface area contributed by atoms with Crippen molar-refractivity contribution >= 4 is 23.3 Å². The summed E-state index contributed by atoms with van der Waals surface area (Å²) in [7, 11) is 0.